The smallest absolute Gasteiger partial charge is 0.410 e. The molecule has 29 heavy (non-hydrogen) atoms. The fraction of sp³-hybridized carbons (Fsp3) is 0.550. The Morgan fingerprint density at radius 1 is 1.41 bits per heavy atom. The molecule has 1 saturated heterocycles. The molecule has 1 aromatic carbocycles. The zero-order valence-corrected chi connectivity index (χ0v) is 18.0. The average molecular weight is 423 g/mol. The monoisotopic (exact) mass is 422 g/mol. The summed E-state index contributed by atoms with van der Waals surface area (Å²) in [6, 6.07) is 4.45. The van der Waals surface area contributed by atoms with Gasteiger partial charge in [0.15, 0.2) is 22.9 Å². The quantitative estimate of drug-likeness (QED) is 0.337. The second-order valence-electron chi connectivity index (χ2n) is 7.69. The van der Waals surface area contributed by atoms with Crippen molar-refractivity contribution < 1.29 is 18.7 Å². The molecule has 158 valence electrons. The number of amidine groups is 1. The number of nitriles is 1. The number of amides is 1. The number of nitrogens with one attached hydrogen (secondary N) is 1. The molecule has 0 unspecified atom stereocenters. The summed E-state index contributed by atoms with van der Waals surface area (Å²) < 4.78 is 25.4. The maximum atomic E-state index is 14.3. The highest BCUT2D eigenvalue weighted by Gasteiger charge is 2.27. The molecule has 0 radical (unpaired) electrons. The van der Waals surface area contributed by atoms with E-state index in [4.69, 9.17) is 14.7 Å². The summed E-state index contributed by atoms with van der Waals surface area (Å²) in [5, 5.41) is 11.5. The fourth-order valence-electron chi connectivity index (χ4n) is 2.78. The van der Waals surface area contributed by atoms with E-state index < -0.39 is 11.4 Å². The van der Waals surface area contributed by atoms with Crippen LogP contribution in [0.4, 0.5) is 14.9 Å². The number of benzene rings is 1. The first-order valence-corrected chi connectivity index (χ1v) is 10.6. The first kappa shape index (κ1) is 22.8. The van der Waals surface area contributed by atoms with Crippen molar-refractivity contribution in [2.24, 2.45) is 10.9 Å². The van der Waals surface area contributed by atoms with Gasteiger partial charge >= 0.3 is 6.09 Å². The Morgan fingerprint density at radius 2 is 2.10 bits per heavy atom. The number of piperidine rings is 1. The molecule has 9 heteroatoms. The standard InChI is InChI=1S/C20H27FN4O3S/c1-20(2,3)28-19(26)25-9-7-14(8-10-25)12-27-17-6-5-15(11-16(17)21)24-18(29-4)23-13-22/h5-6,11,14H,7-10,12H2,1-4H3,(H,23,24). The summed E-state index contributed by atoms with van der Waals surface area (Å²) in [5.41, 5.74) is -0.112. The van der Waals surface area contributed by atoms with Crippen LogP contribution < -0.4 is 10.1 Å². The number of carbonyl (C=O) groups is 1. The van der Waals surface area contributed by atoms with Gasteiger partial charge in [0.1, 0.15) is 5.60 Å². The third kappa shape index (κ3) is 7.46. The van der Waals surface area contributed by atoms with Crippen molar-refractivity contribution in [1.82, 2.24) is 10.2 Å². The van der Waals surface area contributed by atoms with E-state index >= 15 is 0 Å². The van der Waals surface area contributed by atoms with Crippen molar-refractivity contribution in [3.05, 3.63) is 24.0 Å². The number of nitrogens with zero attached hydrogens (tertiary/aromatic N) is 3. The first-order chi connectivity index (χ1) is 13.7. The summed E-state index contributed by atoms with van der Waals surface area (Å²) in [4.78, 5) is 18.0. The highest BCUT2D eigenvalue weighted by Crippen LogP contribution is 2.26. The molecular weight excluding hydrogens is 395 g/mol. The Kier molecular flexibility index (Phi) is 8.14. The van der Waals surface area contributed by atoms with Crippen LogP contribution in [0.2, 0.25) is 0 Å². The van der Waals surface area contributed by atoms with Gasteiger partial charge < -0.3 is 14.4 Å². The number of hydrogen-bond acceptors (Lipinski definition) is 6. The van der Waals surface area contributed by atoms with Crippen LogP contribution in [0.1, 0.15) is 33.6 Å². The van der Waals surface area contributed by atoms with Crippen LogP contribution in [0.5, 0.6) is 5.75 Å². The Morgan fingerprint density at radius 3 is 2.66 bits per heavy atom. The van der Waals surface area contributed by atoms with Gasteiger partial charge in [-0.3, -0.25) is 5.32 Å². The Labute approximate surface area is 175 Å². The van der Waals surface area contributed by atoms with Crippen molar-refractivity contribution in [2.75, 3.05) is 26.0 Å². The minimum Gasteiger partial charge on any atom is -0.490 e. The lowest BCUT2D eigenvalue weighted by Crippen LogP contribution is -2.42. The average Bonchev–Trinajstić information content (AvgIpc) is 2.66. The molecule has 0 saturated carbocycles. The number of likely N-dealkylation sites (tertiary alicyclic amines) is 1. The summed E-state index contributed by atoms with van der Waals surface area (Å²) >= 11 is 1.26. The Balaban J connectivity index is 1.85. The van der Waals surface area contributed by atoms with Crippen molar-refractivity contribution >= 4 is 28.7 Å². The third-order valence-electron chi connectivity index (χ3n) is 4.24. The number of carbonyl (C=O) groups excluding carboxylic acids is 1. The number of aliphatic imine (C=N–C) groups is 1. The molecule has 1 amide bonds. The molecule has 0 bridgehead atoms. The highest BCUT2D eigenvalue weighted by molar-refractivity contribution is 8.13. The lowest BCUT2D eigenvalue weighted by Gasteiger charge is -2.33. The van der Waals surface area contributed by atoms with E-state index in [2.05, 4.69) is 10.3 Å². The minimum absolute atomic E-state index is 0.164. The molecule has 1 aromatic rings. The molecule has 0 spiro atoms. The predicted octanol–water partition coefficient (Wildman–Crippen LogP) is 4.27. The second kappa shape index (κ2) is 10.3. The number of ether oxygens (including phenoxy) is 2. The van der Waals surface area contributed by atoms with Gasteiger partial charge in [-0.25, -0.2) is 14.2 Å². The normalized spacial score (nSPS) is 15.6. The van der Waals surface area contributed by atoms with E-state index in [1.165, 1.54) is 23.9 Å². The first-order valence-electron chi connectivity index (χ1n) is 9.40. The summed E-state index contributed by atoms with van der Waals surface area (Å²) in [7, 11) is 0. The number of rotatable bonds is 4. The SMILES string of the molecule is CSC(=Nc1ccc(OCC2CCN(C(=O)OC(C)(C)C)CC2)c(F)c1)NC#N. The van der Waals surface area contributed by atoms with Crippen LogP contribution in [-0.4, -0.2) is 47.7 Å². The number of thioether (sulfide) groups is 1. The molecule has 0 atom stereocenters. The molecule has 1 fully saturated rings. The van der Waals surface area contributed by atoms with E-state index in [9.17, 15) is 9.18 Å². The fourth-order valence-corrected chi connectivity index (χ4v) is 3.13. The molecule has 2 rings (SSSR count). The van der Waals surface area contributed by atoms with Gasteiger partial charge in [-0.05, 0) is 57.9 Å². The van der Waals surface area contributed by atoms with E-state index in [1.54, 1.807) is 23.4 Å². The lowest BCUT2D eigenvalue weighted by molar-refractivity contribution is 0.0164. The molecule has 1 aliphatic rings. The van der Waals surface area contributed by atoms with E-state index in [0.29, 0.717) is 30.6 Å². The number of hydrogen-bond donors (Lipinski definition) is 1. The van der Waals surface area contributed by atoms with Gasteiger partial charge in [-0.15, -0.1) is 0 Å². The molecule has 1 N–H and O–H groups in total. The molecule has 7 nitrogen and oxygen atoms in total. The zero-order chi connectivity index (χ0) is 21.4. The van der Waals surface area contributed by atoms with Gasteiger partial charge in [-0.1, -0.05) is 11.8 Å². The van der Waals surface area contributed by atoms with Crippen molar-refractivity contribution in [1.29, 1.82) is 5.26 Å². The van der Waals surface area contributed by atoms with Gasteiger partial charge in [0.05, 0.1) is 12.3 Å². The van der Waals surface area contributed by atoms with E-state index in [1.807, 2.05) is 20.8 Å². The van der Waals surface area contributed by atoms with Crippen LogP contribution in [0, 0.1) is 23.2 Å². The zero-order valence-electron chi connectivity index (χ0n) is 17.2. The van der Waals surface area contributed by atoms with Crippen molar-refractivity contribution in [3.63, 3.8) is 0 Å². The maximum Gasteiger partial charge on any atom is 0.410 e. The van der Waals surface area contributed by atoms with Crippen molar-refractivity contribution in [3.8, 4) is 11.9 Å². The van der Waals surface area contributed by atoms with Gasteiger partial charge in [-0.2, -0.15) is 5.26 Å². The van der Waals surface area contributed by atoms with Crippen LogP contribution in [0.3, 0.4) is 0 Å². The Bertz CT molecular complexity index is 781. The predicted molar refractivity (Wildman–Crippen MR) is 112 cm³/mol. The summed E-state index contributed by atoms with van der Waals surface area (Å²) in [6.45, 7) is 7.12. The summed E-state index contributed by atoms with van der Waals surface area (Å²) in [6.07, 6.45) is 4.82. The third-order valence-corrected chi connectivity index (χ3v) is 4.82. The molecule has 0 aromatic heterocycles. The van der Waals surface area contributed by atoms with Crippen LogP contribution >= 0.6 is 11.8 Å². The molecular formula is C20H27FN4O3S. The van der Waals surface area contributed by atoms with Gasteiger partial charge in [0.2, 0.25) is 0 Å². The lowest BCUT2D eigenvalue weighted by atomic mass is 9.98. The molecule has 1 heterocycles. The van der Waals surface area contributed by atoms with E-state index in [-0.39, 0.29) is 17.8 Å². The van der Waals surface area contributed by atoms with Crippen LogP contribution in [-0.2, 0) is 4.74 Å². The summed E-state index contributed by atoms with van der Waals surface area (Å²) in [5.74, 6) is -0.0963. The maximum absolute atomic E-state index is 14.3. The van der Waals surface area contributed by atoms with E-state index in [0.717, 1.165) is 12.8 Å². The van der Waals surface area contributed by atoms with Crippen molar-refractivity contribution in [2.45, 2.75) is 39.2 Å². The topological polar surface area (TPSA) is 86.9 Å². The largest absolute Gasteiger partial charge is 0.490 e. The number of halogens is 1. The Hall–Kier alpha value is -2.47. The van der Waals surface area contributed by atoms with Crippen LogP contribution in [0.25, 0.3) is 0 Å². The van der Waals surface area contributed by atoms with Gasteiger partial charge in [0, 0.05) is 19.2 Å². The minimum atomic E-state index is -0.508. The van der Waals surface area contributed by atoms with Gasteiger partial charge in [0.25, 0.3) is 0 Å². The van der Waals surface area contributed by atoms with Crippen LogP contribution in [0.15, 0.2) is 23.2 Å². The molecule has 1 aliphatic heterocycles. The highest BCUT2D eigenvalue weighted by atomic mass is 32.2. The second-order valence-corrected chi connectivity index (χ2v) is 8.49. The molecule has 0 aliphatic carbocycles.